The lowest BCUT2D eigenvalue weighted by Crippen LogP contribution is -2.13. The number of thiophene rings is 1. The summed E-state index contributed by atoms with van der Waals surface area (Å²) in [7, 11) is 0. The van der Waals surface area contributed by atoms with Gasteiger partial charge in [0.05, 0.1) is 22.8 Å². The molecule has 2 aromatic heterocycles. The fourth-order valence-electron chi connectivity index (χ4n) is 1.89. The van der Waals surface area contributed by atoms with Crippen molar-refractivity contribution >= 4 is 54.8 Å². The molecule has 1 aromatic carbocycles. The Morgan fingerprint density at radius 2 is 2.29 bits per heavy atom. The molecule has 21 heavy (non-hydrogen) atoms. The zero-order valence-electron chi connectivity index (χ0n) is 10.4. The van der Waals surface area contributed by atoms with Crippen LogP contribution in [0.1, 0.15) is 5.82 Å². The molecule has 0 aliphatic heterocycles. The Bertz CT molecular complexity index is 856. The number of aromatic amines is 1. The molecule has 0 spiro atoms. The zero-order chi connectivity index (χ0) is 15.0. The Morgan fingerprint density at radius 3 is 3.05 bits per heavy atom. The van der Waals surface area contributed by atoms with E-state index in [-0.39, 0.29) is 17.1 Å². The summed E-state index contributed by atoms with van der Waals surface area (Å²) in [6.45, 7) is 0.269. The number of nitrogens with zero attached hydrogens (tertiary/aromatic N) is 1. The fourth-order valence-corrected chi connectivity index (χ4v) is 3.57. The van der Waals surface area contributed by atoms with Gasteiger partial charge in [0.15, 0.2) is 0 Å². The smallest absolute Gasteiger partial charge is 0.268 e. The third kappa shape index (κ3) is 2.95. The SMILES string of the molecule is O=c1[nH]c(CNc2c(Cl)cc(F)cc2Br)nc2ccsc12. The van der Waals surface area contributed by atoms with Gasteiger partial charge in [-0.15, -0.1) is 11.3 Å². The van der Waals surface area contributed by atoms with Gasteiger partial charge in [-0.05, 0) is 39.5 Å². The summed E-state index contributed by atoms with van der Waals surface area (Å²) in [6, 6.07) is 4.32. The molecule has 0 amide bonds. The highest BCUT2D eigenvalue weighted by Crippen LogP contribution is 2.31. The maximum atomic E-state index is 13.2. The Labute approximate surface area is 136 Å². The number of hydrogen-bond donors (Lipinski definition) is 2. The van der Waals surface area contributed by atoms with E-state index in [1.54, 1.807) is 6.07 Å². The first-order chi connectivity index (χ1) is 10.0. The van der Waals surface area contributed by atoms with Crippen LogP contribution in [0.3, 0.4) is 0 Å². The molecular formula is C13H8BrClFN3OS. The van der Waals surface area contributed by atoms with Crippen LogP contribution in [0.15, 0.2) is 32.8 Å². The lowest BCUT2D eigenvalue weighted by Gasteiger charge is -2.10. The van der Waals surface area contributed by atoms with E-state index in [9.17, 15) is 9.18 Å². The Morgan fingerprint density at radius 1 is 1.48 bits per heavy atom. The van der Waals surface area contributed by atoms with Crippen LogP contribution in [-0.4, -0.2) is 9.97 Å². The van der Waals surface area contributed by atoms with Crippen LogP contribution < -0.4 is 10.9 Å². The summed E-state index contributed by atoms with van der Waals surface area (Å²) < 4.78 is 14.3. The van der Waals surface area contributed by atoms with Gasteiger partial charge in [0, 0.05) is 4.47 Å². The minimum absolute atomic E-state index is 0.170. The van der Waals surface area contributed by atoms with E-state index < -0.39 is 5.82 Å². The molecule has 2 N–H and O–H groups in total. The van der Waals surface area contributed by atoms with E-state index in [1.807, 2.05) is 5.38 Å². The predicted molar refractivity (Wildman–Crippen MR) is 86.7 cm³/mol. The van der Waals surface area contributed by atoms with Crippen LogP contribution in [0.2, 0.25) is 5.02 Å². The minimum Gasteiger partial charge on any atom is -0.376 e. The summed E-state index contributed by atoms with van der Waals surface area (Å²) in [5.74, 6) is 0.0573. The molecule has 0 bridgehead atoms. The van der Waals surface area contributed by atoms with Gasteiger partial charge in [-0.2, -0.15) is 0 Å². The van der Waals surface area contributed by atoms with Crippen molar-refractivity contribution in [3.63, 3.8) is 0 Å². The van der Waals surface area contributed by atoms with Gasteiger partial charge < -0.3 is 10.3 Å². The second-order valence-electron chi connectivity index (χ2n) is 4.25. The topological polar surface area (TPSA) is 57.8 Å². The van der Waals surface area contributed by atoms with E-state index in [2.05, 4.69) is 31.2 Å². The number of benzene rings is 1. The first kappa shape index (κ1) is 14.5. The van der Waals surface area contributed by atoms with Gasteiger partial charge in [0.2, 0.25) is 0 Å². The largest absolute Gasteiger partial charge is 0.376 e. The van der Waals surface area contributed by atoms with Crippen LogP contribution in [0, 0.1) is 5.82 Å². The molecule has 0 saturated heterocycles. The molecule has 0 aliphatic carbocycles. The van der Waals surface area contributed by atoms with Crippen molar-refractivity contribution in [3.05, 3.63) is 55.1 Å². The van der Waals surface area contributed by atoms with Gasteiger partial charge >= 0.3 is 0 Å². The number of rotatable bonds is 3. The molecule has 0 unspecified atom stereocenters. The molecule has 0 aliphatic rings. The van der Waals surface area contributed by atoms with Crippen molar-refractivity contribution in [2.45, 2.75) is 6.54 Å². The average Bonchev–Trinajstić information content (AvgIpc) is 2.86. The van der Waals surface area contributed by atoms with Crippen LogP contribution >= 0.6 is 38.9 Å². The molecule has 0 saturated carbocycles. The summed E-state index contributed by atoms with van der Waals surface area (Å²) in [6.07, 6.45) is 0. The van der Waals surface area contributed by atoms with E-state index in [4.69, 9.17) is 11.6 Å². The normalized spacial score (nSPS) is 11.0. The molecule has 3 rings (SSSR count). The highest BCUT2D eigenvalue weighted by atomic mass is 79.9. The van der Waals surface area contributed by atoms with Gasteiger partial charge in [-0.25, -0.2) is 9.37 Å². The van der Waals surface area contributed by atoms with Crippen molar-refractivity contribution in [1.82, 2.24) is 9.97 Å². The average molecular weight is 389 g/mol. The second kappa shape index (κ2) is 5.75. The van der Waals surface area contributed by atoms with Crippen molar-refractivity contribution in [2.24, 2.45) is 0 Å². The maximum Gasteiger partial charge on any atom is 0.268 e. The monoisotopic (exact) mass is 387 g/mol. The number of halogens is 3. The third-order valence-corrected chi connectivity index (χ3v) is 4.63. The molecule has 2 heterocycles. The first-order valence-electron chi connectivity index (χ1n) is 5.89. The van der Waals surface area contributed by atoms with Crippen molar-refractivity contribution in [1.29, 1.82) is 0 Å². The molecule has 108 valence electrons. The highest BCUT2D eigenvalue weighted by Gasteiger charge is 2.09. The first-order valence-corrected chi connectivity index (χ1v) is 7.94. The lowest BCUT2D eigenvalue weighted by molar-refractivity contribution is 0.627. The van der Waals surface area contributed by atoms with Crippen LogP contribution in [0.5, 0.6) is 0 Å². The van der Waals surface area contributed by atoms with Crippen molar-refractivity contribution < 1.29 is 4.39 Å². The van der Waals surface area contributed by atoms with E-state index >= 15 is 0 Å². The summed E-state index contributed by atoms with van der Waals surface area (Å²) in [5.41, 5.74) is 1.03. The van der Waals surface area contributed by atoms with Crippen LogP contribution in [0.4, 0.5) is 10.1 Å². The number of anilines is 1. The molecule has 0 atom stereocenters. The van der Waals surface area contributed by atoms with Gasteiger partial charge in [-0.1, -0.05) is 11.6 Å². The van der Waals surface area contributed by atoms with E-state index in [1.165, 1.54) is 23.5 Å². The van der Waals surface area contributed by atoms with Gasteiger partial charge in [0.25, 0.3) is 5.56 Å². The van der Waals surface area contributed by atoms with Gasteiger partial charge in [-0.3, -0.25) is 4.79 Å². The minimum atomic E-state index is -0.427. The predicted octanol–water partition coefficient (Wildman–Crippen LogP) is 4.15. The Balaban J connectivity index is 1.88. The molecule has 0 fully saturated rings. The molecular weight excluding hydrogens is 381 g/mol. The summed E-state index contributed by atoms with van der Waals surface area (Å²) in [5, 5.41) is 5.10. The summed E-state index contributed by atoms with van der Waals surface area (Å²) >= 11 is 10.6. The van der Waals surface area contributed by atoms with Crippen LogP contribution in [-0.2, 0) is 6.54 Å². The summed E-state index contributed by atoms with van der Waals surface area (Å²) in [4.78, 5) is 18.9. The van der Waals surface area contributed by atoms with E-state index in [0.29, 0.717) is 26.2 Å². The third-order valence-electron chi connectivity index (χ3n) is 2.80. The lowest BCUT2D eigenvalue weighted by atomic mass is 10.3. The molecule has 3 aromatic rings. The van der Waals surface area contributed by atoms with E-state index in [0.717, 1.165) is 0 Å². The van der Waals surface area contributed by atoms with Crippen molar-refractivity contribution in [2.75, 3.05) is 5.32 Å². The number of nitrogens with one attached hydrogen (secondary N) is 2. The Hall–Kier alpha value is -1.44. The van der Waals surface area contributed by atoms with Crippen LogP contribution in [0.25, 0.3) is 10.2 Å². The fraction of sp³-hybridized carbons (Fsp3) is 0.0769. The molecule has 8 heteroatoms. The molecule has 4 nitrogen and oxygen atoms in total. The number of aromatic nitrogens is 2. The van der Waals surface area contributed by atoms with Gasteiger partial charge in [0.1, 0.15) is 16.3 Å². The number of fused-ring (bicyclic) bond motifs is 1. The second-order valence-corrected chi connectivity index (χ2v) is 6.42. The molecule has 0 radical (unpaired) electrons. The maximum absolute atomic E-state index is 13.2. The number of H-pyrrole nitrogens is 1. The number of hydrogen-bond acceptors (Lipinski definition) is 4. The quantitative estimate of drug-likeness (QED) is 0.708. The zero-order valence-corrected chi connectivity index (χ0v) is 13.6. The Kier molecular flexibility index (Phi) is 3.97. The highest BCUT2D eigenvalue weighted by molar-refractivity contribution is 9.10. The van der Waals surface area contributed by atoms with Crippen molar-refractivity contribution in [3.8, 4) is 0 Å². The standard InChI is InChI=1S/C13H8BrClFN3OS/c14-7-3-6(16)4-8(15)11(7)17-5-10-18-9-1-2-21-12(9)13(20)19-10/h1-4,17H,5H2,(H,18,19,20).